The summed E-state index contributed by atoms with van der Waals surface area (Å²) in [6, 6.07) is 18.4. The molecule has 0 aliphatic rings. The van der Waals surface area contributed by atoms with Gasteiger partial charge in [-0.1, -0.05) is 30.3 Å². The Morgan fingerprint density at radius 3 is 2.29 bits per heavy atom. The Kier molecular flexibility index (Phi) is 5.29. The summed E-state index contributed by atoms with van der Waals surface area (Å²) in [5.74, 6) is 0. The Morgan fingerprint density at radius 2 is 1.67 bits per heavy atom. The van der Waals surface area contributed by atoms with E-state index >= 15 is 0 Å². The summed E-state index contributed by atoms with van der Waals surface area (Å²) in [6.45, 7) is 0. The maximum Gasteiger partial charge on any atom is 0.186 e. The molecule has 0 saturated heterocycles. The highest BCUT2D eigenvalue weighted by molar-refractivity contribution is 7.80. The van der Waals surface area contributed by atoms with Gasteiger partial charge >= 0.3 is 0 Å². The van der Waals surface area contributed by atoms with Crippen LogP contribution in [0.2, 0.25) is 0 Å². The number of hydrazone groups is 1. The highest BCUT2D eigenvalue weighted by Crippen LogP contribution is 2.22. The standard InChI is InChI=1S/C16H18N4S/c1-17-16(21)19-18-12-13-8-10-15(11-9-13)20(2)14-6-4-3-5-7-14/h3-12H,1-2H3,(H2,17,19,21)/b18-12-. The second kappa shape index (κ2) is 7.40. The average Bonchev–Trinajstić information content (AvgIpc) is 2.55. The number of nitrogens with one attached hydrogen (secondary N) is 2. The van der Waals surface area contributed by atoms with Crippen molar-refractivity contribution >= 4 is 34.9 Å². The average molecular weight is 298 g/mol. The van der Waals surface area contributed by atoms with E-state index in [0.29, 0.717) is 5.11 Å². The van der Waals surface area contributed by atoms with Crippen molar-refractivity contribution in [1.29, 1.82) is 0 Å². The fraction of sp³-hybridized carbons (Fsp3) is 0.125. The second-order valence-electron chi connectivity index (χ2n) is 4.44. The van der Waals surface area contributed by atoms with Crippen molar-refractivity contribution in [3.05, 3.63) is 60.2 Å². The molecule has 21 heavy (non-hydrogen) atoms. The molecule has 0 saturated carbocycles. The maximum absolute atomic E-state index is 4.94. The van der Waals surface area contributed by atoms with E-state index < -0.39 is 0 Å². The molecule has 0 heterocycles. The van der Waals surface area contributed by atoms with Gasteiger partial charge in [-0.15, -0.1) is 0 Å². The van der Waals surface area contributed by atoms with Crippen LogP contribution in [-0.4, -0.2) is 25.4 Å². The normalized spacial score (nSPS) is 10.4. The third-order valence-corrected chi connectivity index (χ3v) is 3.33. The molecule has 0 atom stereocenters. The Labute approximate surface area is 130 Å². The molecular formula is C16H18N4S. The van der Waals surface area contributed by atoms with Crippen LogP contribution in [0.4, 0.5) is 11.4 Å². The second-order valence-corrected chi connectivity index (χ2v) is 4.84. The first-order valence-electron chi connectivity index (χ1n) is 6.60. The number of benzene rings is 2. The lowest BCUT2D eigenvalue weighted by Gasteiger charge is -2.19. The van der Waals surface area contributed by atoms with Gasteiger partial charge in [0.05, 0.1) is 6.21 Å². The quantitative estimate of drug-likeness (QED) is 0.517. The van der Waals surface area contributed by atoms with Crippen LogP contribution < -0.4 is 15.6 Å². The van der Waals surface area contributed by atoms with Crippen LogP contribution in [0, 0.1) is 0 Å². The Bertz CT molecular complexity index is 608. The van der Waals surface area contributed by atoms with Gasteiger partial charge in [0.25, 0.3) is 0 Å². The van der Waals surface area contributed by atoms with E-state index in [1.807, 2.05) is 37.4 Å². The van der Waals surface area contributed by atoms with E-state index in [1.54, 1.807) is 13.3 Å². The minimum atomic E-state index is 0.492. The van der Waals surface area contributed by atoms with E-state index in [2.05, 4.69) is 45.0 Å². The number of hydrogen-bond donors (Lipinski definition) is 2. The highest BCUT2D eigenvalue weighted by atomic mass is 32.1. The summed E-state index contributed by atoms with van der Waals surface area (Å²) in [5, 5.41) is 7.34. The van der Waals surface area contributed by atoms with Gasteiger partial charge < -0.3 is 10.2 Å². The van der Waals surface area contributed by atoms with Crippen molar-refractivity contribution in [3.8, 4) is 0 Å². The number of para-hydroxylation sites is 1. The first-order valence-corrected chi connectivity index (χ1v) is 7.01. The Balaban J connectivity index is 2.03. The van der Waals surface area contributed by atoms with Crippen molar-refractivity contribution in [2.45, 2.75) is 0 Å². The molecule has 0 aromatic heterocycles. The molecular weight excluding hydrogens is 280 g/mol. The summed E-state index contributed by atoms with van der Waals surface area (Å²) in [7, 11) is 3.80. The molecule has 0 aliphatic carbocycles. The van der Waals surface area contributed by atoms with Crippen LogP contribution in [0.1, 0.15) is 5.56 Å². The lowest BCUT2D eigenvalue weighted by atomic mass is 10.2. The maximum atomic E-state index is 4.94. The lowest BCUT2D eigenvalue weighted by molar-refractivity contribution is 0.982. The van der Waals surface area contributed by atoms with E-state index in [4.69, 9.17) is 12.2 Å². The third kappa shape index (κ3) is 4.29. The first-order chi connectivity index (χ1) is 10.2. The van der Waals surface area contributed by atoms with Gasteiger partial charge in [0, 0.05) is 25.5 Å². The van der Waals surface area contributed by atoms with E-state index in [9.17, 15) is 0 Å². The molecule has 0 bridgehead atoms. The van der Waals surface area contributed by atoms with Gasteiger partial charge in [-0.3, -0.25) is 5.43 Å². The number of hydrogen-bond acceptors (Lipinski definition) is 3. The van der Waals surface area contributed by atoms with Gasteiger partial charge in [0.2, 0.25) is 0 Å². The van der Waals surface area contributed by atoms with Crippen molar-refractivity contribution in [3.63, 3.8) is 0 Å². The highest BCUT2D eigenvalue weighted by Gasteiger charge is 2.02. The molecule has 2 aromatic rings. The van der Waals surface area contributed by atoms with Crippen LogP contribution >= 0.6 is 12.2 Å². The predicted octanol–water partition coefficient (Wildman–Crippen LogP) is 2.88. The molecule has 0 amide bonds. The largest absolute Gasteiger partial charge is 0.364 e. The zero-order valence-electron chi connectivity index (χ0n) is 12.1. The van der Waals surface area contributed by atoms with Crippen LogP contribution in [0.15, 0.2) is 59.7 Å². The summed E-state index contributed by atoms with van der Waals surface area (Å²) >= 11 is 4.94. The molecule has 5 heteroatoms. The van der Waals surface area contributed by atoms with Crippen molar-refractivity contribution < 1.29 is 0 Å². The smallest absolute Gasteiger partial charge is 0.186 e. The topological polar surface area (TPSA) is 39.7 Å². The van der Waals surface area contributed by atoms with Crippen molar-refractivity contribution in [2.75, 3.05) is 19.0 Å². The fourth-order valence-corrected chi connectivity index (χ4v) is 1.86. The molecule has 0 unspecified atom stereocenters. The van der Waals surface area contributed by atoms with Gasteiger partial charge in [-0.2, -0.15) is 5.10 Å². The van der Waals surface area contributed by atoms with E-state index in [0.717, 1.165) is 16.9 Å². The minimum absolute atomic E-state index is 0.492. The number of anilines is 2. The SMILES string of the molecule is CNC(=S)N/N=C\c1ccc(N(C)c2ccccc2)cc1. The van der Waals surface area contributed by atoms with E-state index in [-0.39, 0.29) is 0 Å². The third-order valence-electron chi connectivity index (χ3n) is 3.03. The molecule has 0 fully saturated rings. The summed E-state index contributed by atoms with van der Waals surface area (Å²) < 4.78 is 0. The Hall–Kier alpha value is -2.40. The van der Waals surface area contributed by atoms with Gasteiger partial charge in [0.1, 0.15) is 0 Å². The zero-order chi connectivity index (χ0) is 15.1. The van der Waals surface area contributed by atoms with Crippen molar-refractivity contribution in [2.24, 2.45) is 5.10 Å². The van der Waals surface area contributed by atoms with Crippen LogP contribution in [0.25, 0.3) is 0 Å². The molecule has 0 aliphatic heterocycles. The molecule has 2 rings (SSSR count). The van der Waals surface area contributed by atoms with Crippen molar-refractivity contribution in [1.82, 2.24) is 10.7 Å². The molecule has 2 N–H and O–H groups in total. The minimum Gasteiger partial charge on any atom is -0.364 e. The number of rotatable bonds is 4. The van der Waals surface area contributed by atoms with Gasteiger partial charge in [0.15, 0.2) is 5.11 Å². The summed E-state index contributed by atoms with van der Waals surface area (Å²) in [5.41, 5.74) is 6.00. The monoisotopic (exact) mass is 298 g/mol. The summed E-state index contributed by atoms with van der Waals surface area (Å²) in [6.07, 6.45) is 1.73. The predicted molar refractivity (Wildman–Crippen MR) is 93.3 cm³/mol. The molecule has 4 nitrogen and oxygen atoms in total. The molecule has 0 spiro atoms. The van der Waals surface area contributed by atoms with Crippen LogP contribution in [0.5, 0.6) is 0 Å². The number of thiocarbonyl (C=S) groups is 1. The Morgan fingerprint density at radius 1 is 1.05 bits per heavy atom. The number of nitrogens with zero attached hydrogens (tertiary/aromatic N) is 2. The van der Waals surface area contributed by atoms with Gasteiger partial charge in [-0.25, -0.2) is 0 Å². The molecule has 2 aromatic carbocycles. The van der Waals surface area contributed by atoms with Crippen LogP contribution in [-0.2, 0) is 0 Å². The molecule has 0 radical (unpaired) electrons. The van der Waals surface area contributed by atoms with E-state index in [1.165, 1.54) is 0 Å². The zero-order valence-corrected chi connectivity index (χ0v) is 12.9. The summed E-state index contributed by atoms with van der Waals surface area (Å²) in [4.78, 5) is 2.13. The molecule has 108 valence electrons. The fourth-order valence-electron chi connectivity index (χ4n) is 1.81. The first kappa shape index (κ1) is 15.0. The van der Waals surface area contributed by atoms with Crippen LogP contribution in [0.3, 0.4) is 0 Å². The van der Waals surface area contributed by atoms with Gasteiger partial charge in [-0.05, 0) is 42.0 Å². The lowest BCUT2D eigenvalue weighted by Crippen LogP contribution is -2.28.